The molecular weight excluding hydrogens is 373 g/mol. The van der Waals surface area contributed by atoms with Gasteiger partial charge in [-0.2, -0.15) is 13.2 Å². The highest BCUT2D eigenvalue weighted by Gasteiger charge is 2.45. The number of benzene rings is 2. The first-order valence-corrected chi connectivity index (χ1v) is 9.06. The molecule has 4 rings (SSSR count). The van der Waals surface area contributed by atoms with E-state index in [9.17, 15) is 18.0 Å². The zero-order chi connectivity index (χ0) is 20.1. The van der Waals surface area contributed by atoms with E-state index < -0.39 is 29.7 Å². The van der Waals surface area contributed by atoms with Gasteiger partial charge in [-0.15, -0.1) is 0 Å². The number of rotatable bonds is 5. The molecule has 0 saturated heterocycles. The Hall–Kier alpha value is -2.70. The summed E-state index contributed by atoms with van der Waals surface area (Å²) in [6, 6.07) is 9.37. The maximum atomic E-state index is 13.2. The summed E-state index contributed by atoms with van der Waals surface area (Å²) in [6.45, 7) is 0. The maximum Gasteiger partial charge on any atom is 0.416 e. The molecule has 7 heteroatoms. The monoisotopic (exact) mass is 392 g/mol. The van der Waals surface area contributed by atoms with Gasteiger partial charge >= 0.3 is 12.1 Å². The molecule has 0 amide bonds. The molecule has 0 spiro atoms. The van der Waals surface area contributed by atoms with Crippen LogP contribution in [0.3, 0.4) is 0 Å². The lowest BCUT2D eigenvalue weighted by molar-refractivity contribution is -0.139. The highest BCUT2D eigenvalue weighted by molar-refractivity contribution is 5.75. The molecule has 2 aromatic carbocycles. The molecule has 0 radical (unpaired) electrons. The first-order valence-electron chi connectivity index (χ1n) is 9.06. The van der Waals surface area contributed by atoms with Crippen LogP contribution < -0.4 is 9.47 Å². The third-order valence-corrected chi connectivity index (χ3v) is 5.51. The van der Waals surface area contributed by atoms with E-state index >= 15 is 0 Å². The van der Waals surface area contributed by atoms with Gasteiger partial charge in [0.2, 0.25) is 0 Å². The molecule has 0 aliphatic heterocycles. The summed E-state index contributed by atoms with van der Waals surface area (Å²) in [5.41, 5.74) is 1.07. The number of fused-ring (bicyclic) bond motifs is 1. The number of alkyl halides is 3. The Balaban J connectivity index is 1.56. The molecule has 3 atom stereocenters. The van der Waals surface area contributed by atoms with E-state index in [0.29, 0.717) is 41.9 Å². The number of methoxy groups -OCH3 is 1. The minimum atomic E-state index is -4.38. The van der Waals surface area contributed by atoms with Gasteiger partial charge in [-0.05, 0) is 48.1 Å². The molecule has 0 bridgehead atoms. The third kappa shape index (κ3) is 3.30. The number of carboxylic acids is 1. The van der Waals surface area contributed by atoms with Crippen LogP contribution >= 0.6 is 0 Å². The van der Waals surface area contributed by atoms with E-state index in [0.717, 1.165) is 11.6 Å². The average molecular weight is 392 g/mol. The quantitative estimate of drug-likeness (QED) is 0.781. The summed E-state index contributed by atoms with van der Waals surface area (Å²) >= 11 is 0. The van der Waals surface area contributed by atoms with Crippen molar-refractivity contribution in [3.8, 4) is 11.5 Å². The largest absolute Gasteiger partial charge is 0.496 e. The van der Waals surface area contributed by atoms with Crippen molar-refractivity contribution in [2.24, 2.45) is 5.92 Å². The second-order valence-corrected chi connectivity index (χ2v) is 7.21. The third-order valence-electron chi connectivity index (χ3n) is 5.51. The van der Waals surface area contributed by atoms with Crippen LogP contribution in [0.2, 0.25) is 0 Å². The smallest absolute Gasteiger partial charge is 0.416 e. The number of hydrogen-bond donors (Lipinski definition) is 1. The maximum absolute atomic E-state index is 13.2. The summed E-state index contributed by atoms with van der Waals surface area (Å²) in [7, 11) is 1.50. The standard InChI is InChI=1S/C21H19F3O4/c1-27-19-9-11(5-6-14(19)15-10-16(15)20(25)26)28-18-8-7-12-13(18)3-2-4-17(12)21(22,23)24/h2-6,9,15-16,18H,7-8,10H2,1H3,(H,25,26). The van der Waals surface area contributed by atoms with Crippen molar-refractivity contribution >= 4 is 5.97 Å². The van der Waals surface area contributed by atoms with Crippen molar-refractivity contribution in [2.75, 3.05) is 7.11 Å². The van der Waals surface area contributed by atoms with Gasteiger partial charge in [0, 0.05) is 12.0 Å². The Morgan fingerprint density at radius 1 is 1.18 bits per heavy atom. The molecule has 0 heterocycles. The van der Waals surface area contributed by atoms with Crippen molar-refractivity contribution < 1.29 is 32.5 Å². The molecule has 1 N–H and O–H groups in total. The Labute approximate surface area is 159 Å². The van der Waals surface area contributed by atoms with Crippen LogP contribution in [0.5, 0.6) is 11.5 Å². The van der Waals surface area contributed by atoms with Gasteiger partial charge in [-0.1, -0.05) is 18.2 Å². The number of ether oxygens (including phenoxy) is 2. The van der Waals surface area contributed by atoms with Crippen LogP contribution in [0.1, 0.15) is 47.1 Å². The lowest BCUT2D eigenvalue weighted by Gasteiger charge is -2.18. The number of carbonyl (C=O) groups is 1. The summed E-state index contributed by atoms with van der Waals surface area (Å²) in [4.78, 5) is 11.1. The zero-order valence-electron chi connectivity index (χ0n) is 15.1. The van der Waals surface area contributed by atoms with E-state index in [-0.39, 0.29) is 5.92 Å². The number of aliphatic carboxylic acids is 1. The minimum Gasteiger partial charge on any atom is -0.496 e. The highest BCUT2D eigenvalue weighted by atomic mass is 19.4. The van der Waals surface area contributed by atoms with Gasteiger partial charge in [-0.3, -0.25) is 4.79 Å². The van der Waals surface area contributed by atoms with Crippen LogP contribution in [0, 0.1) is 5.92 Å². The first-order chi connectivity index (χ1) is 13.3. The molecule has 28 heavy (non-hydrogen) atoms. The number of hydrogen-bond acceptors (Lipinski definition) is 3. The summed E-state index contributed by atoms with van der Waals surface area (Å²) < 4.78 is 51.0. The van der Waals surface area contributed by atoms with E-state index in [1.165, 1.54) is 13.2 Å². The molecule has 1 saturated carbocycles. The second kappa shape index (κ2) is 6.72. The fraction of sp³-hybridized carbons (Fsp3) is 0.381. The van der Waals surface area contributed by atoms with Crippen molar-refractivity contribution in [2.45, 2.75) is 37.5 Å². The summed E-state index contributed by atoms with van der Waals surface area (Å²) in [5, 5.41) is 9.12. The fourth-order valence-electron chi connectivity index (χ4n) is 4.05. The molecular formula is C21H19F3O4. The van der Waals surface area contributed by atoms with Crippen LogP contribution in [-0.4, -0.2) is 18.2 Å². The molecule has 2 aliphatic carbocycles. The van der Waals surface area contributed by atoms with Gasteiger partial charge in [0.25, 0.3) is 0 Å². The van der Waals surface area contributed by atoms with Gasteiger partial charge in [0.1, 0.15) is 17.6 Å². The van der Waals surface area contributed by atoms with Gasteiger partial charge in [0.05, 0.1) is 18.6 Å². The van der Waals surface area contributed by atoms with E-state index in [1.54, 1.807) is 24.3 Å². The van der Waals surface area contributed by atoms with Crippen LogP contribution in [0.4, 0.5) is 13.2 Å². The van der Waals surface area contributed by atoms with Crippen LogP contribution in [0.25, 0.3) is 0 Å². The predicted molar refractivity (Wildman–Crippen MR) is 94.6 cm³/mol. The normalized spacial score (nSPS) is 23.2. The minimum absolute atomic E-state index is 0.0805. The lowest BCUT2D eigenvalue weighted by Crippen LogP contribution is -2.09. The van der Waals surface area contributed by atoms with Crippen molar-refractivity contribution in [1.82, 2.24) is 0 Å². The first kappa shape index (κ1) is 18.7. The Morgan fingerprint density at radius 3 is 2.61 bits per heavy atom. The van der Waals surface area contributed by atoms with Crippen molar-refractivity contribution in [3.05, 3.63) is 58.7 Å². The second-order valence-electron chi connectivity index (χ2n) is 7.21. The number of halogens is 3. The topological polar surface area (TPSA) is 55.8 Å². The molecule has 2 aliphatic rings. The highest BCUT2D eigenvalue weighted by Crippen LogP contribution is 2.51. The summed E-state index contributed by atoms with van der Waals surface area (Å²) in [5.74, 6) is -0.279. The van der Waals surface area contributed by atoms with Gasteiger partial charge in [0.15, 0.2) is 0 Å². The van der Waals surface area contributed by atoms with Crippen molar-refractivity contribution in [3.63, 3.8) is 0 Å². The molecule has 0 aromatic heterocycles. The van der Waals surface area contributed by atoms with E-state index in [4.69, 9.17) is 14.6 Å². The fourth-order valence-corrected chi connectivity index (χ4v) is 4.05. The Bertz CT molecular complexity index is 922. The summed E-state index contributed by atoms with van der Waals surface area (Å²) in [6.07, 6.45) is -3.48. The van der Waals surface area contributed by atoms with Gasteiger partial charge < -0.3 is 14.6 Å². The molecule has 2 aromatic rings. The Kier molecular flexibility index (Phi) is 4.48. The van der Waals surface area contributed by atoms with Crippen LogP contribution in [0.15, 0.2) is 36.4 Å². The Morgan fingerprint density at radius 2 is 1.96 bits per heavy atom. The van der Waals surface area contributed by atoms with E-state index in [2.05, 4.69) is 0 Å². The lowest BCUT2D eigenvalue weighted by atomic mass is 10.0. The van der Waals surface area contributed by atoms with Gasteiger partial charge in [-0.25, -0.2) is 0 Å². The number of carboxylic acid groups (broad SMARTS) is 1. The van der Waals surface area contributed by atoms with E-state index in [1.807, 2.05) is 0 Å². The SMILES string of the molecule is COc1cc(OC2CCc3c2cccc3C(F)(F)F)ccc1C1CC1C(=O)O. The molecule has 3 unspecified atom stereocenters. The predicted octanol–water partition coefficient (Wildman–Crippen LogP) is 4.97. The van der Waals surface area contributed by atoms with Crippen molar-refractivity contribution in [1.29, 1.82) is 0 Å². The zero-order valence-corrected chi connectivity index (χ0v) is 15.1. The average Bonchev–Trinajstić information content (AvgIpc) is 3.36. The molecule has 1 fully saturated rings. The molecule has 4 nitrogen and oxygen atoms in total. The van der Waals surface area contributed by atoms with Crippen LogP contribution in [-0.2, 0) is 17.4 Å². The molecule has 148 valence electrons.